The van der Waals surface area contributed by atoms with Crippen LogP contribution in [-0.4, -0.2) is 24.1 Å². The van der Waals surface area contributed by atoms with Crippen LogP contribution in [0.15, 0.2) is 40.5 Å². The van der Waals surface area contributed by atoms with E-state index in [2.05, 4.69) is 4.99 Å². The fraction of sp³-hybridized carbons (Fsp3) is 0.476. The molecule has 0 bridgehead atoms. The molecule has 0 saturated heterocycles. The third-order valence-electron chi connectivity index (χ3n) is 5.07. The summed E-state index contributed by atoms with van der Waals surface area (Å²) in [6.45, 7) is 4.25. The van der Waals surface area contributed by atoms with Crippen LogP contribution in [0.1, 0.15) is 57.4 Å². The minimum Gasteiger partial charge on any atom is -0.462 e. The van der Waals surface area contributed by atoms with Gasteiger partial charge in [-0.2, -0.15) is 0 Å². The number of ketones is 1. The van der Waals surface area contributed by atoms with Gasteiger partial charge in [0.15, 0.2) is 0 Å². The van der Waals surface area contributed by atoms with Gasteiger partial charge in [-0.3, -0.25) is 9.79 Å². The maximum Gasteiger partial charge on any atom is 0.336 e. The number of allylic oxidation sites excluding steroid dienone is 1. The Bertz CT molecular complexity index is 781. The summed E-state index contributed by atoms with van der Waals surface area (Å²) in [5.41, 5.74) is 2.89. The summed E-state index contributed by atoms with van der Waals surface area (Å²) < 4.78 is 5.48. The first-order valence-electron chi connectivity index (χ1n) is 9.26. The number of ether oxygens (including phenoxy) is 1. The first-order chi connectivity index (χ1) is 12.5. The summed E-state index contributed by atoms with van der Waals surface area (Å²) in [5.74, 6) is -0.990. The van der Waals surface area contributed by atoms with Gasteiger partial charge in [0.1, 0.15) is 5.78 Å². The summed E-state index contributed by atoms with van der Waals surface area (Å²) >= 11 is 6.19. The molecule has 138 valence electrons. The summed E-state index contributed by atoms with van der Waals surface area (Å²) in [4.78, 5) is 30.2. The topological polar surface area (TPSA) is 55.7 Å². The highest BCUT2D eigenvalue weighted by Crippen LogP contribution is 2.43. The highest BCUT2D eigenvalue weighted by atomic mass is 35.5. The Kier molecular flexibility index (Phi) is 5.92. The molecule has 3 rings (SSSR count). The van der Waals surface area contributed by atoms with Gasteiger partial charge < -0.3 is 4.74 Å². The zero-order valence-electron chi connectivity index (χ0n) is 15.3. The van der Waals surface area contributed by atoms with Gasteiger partial charge in [-0.1, -0.05) is 37.1 Å². The number of Topliss-reactive ketones (excluding diaryl/α,β-unsaturated/α-hetero) is 1. The molecule has 0 N–H and O–H groups in total. The molecule has 1 heterocycles. The molecular formula is C21H24ClNO3. The van der Waals surface area contributed by atoms with Gasteiger partial charge in [-0.15, -0.1) is 0 Å². The van der Waals surface area contributed by atoms with E-state index in [1.54, 1.807) is 6.07 Å². The van der Waals surface area contributed by atoms with Gasteiger partial charge in [0.25, 0.3) is 0 Å². The van der Waals surface area contributed by atoms with Gasteiger partial charge in [-0.25, -0.2) is 4.79 Å². The zero-order chi connectivity index (χ0) is 18.7. The van der Waals surface area contributed by atoms with Crippen LogP contribution in [0.5, 0.6) is 0 Å². The maximum absolute atomic E-state index is 12.8. The predicted molar refractivity (Wildman–Crippen MR) is 103 cm³/mol. The van der Waals surface area contributed by atoms with E-state index in [0.717, 1.165) is 37.0 Å². The predicted octanol–water partition coefficient (Wildman–Crippen LogP) is 4.86. The van der Waals surface area contributed by atoms with Gasteiger partial charge in [0.2, 0.25) is 0 Å². The lowest BCUT2D eigenvalue weighted by molar-refractivity contribution is -0.139. The number of carbonyl (C=O) groups is 2. The normalized spacial score (nSPS) is 22.7. The molecule has 0 amide bonds. The lowest BCUT2D eigenvalue weighted by Gasteiger charge is -2.35. The molecule has 4 nitrogen and oxygen atoms in total. The van der Waals surface area contributed by atoms with E-state index in [9.17, 15) is 9.59 Å². The Labute approximate surface area is 159 Å². The second-order valence-electron chi connectivity index (χ2n) is 6.92. The SMILES string of the molecule is CCCCOC(=O)C1=C(C)N=C2CCCC(=O)C2C1c1cccc(Cl)c1. The lowest BCUT2D eigenvalue weighted by Crippen LogP contribution is -2.39. The van der Waals surface area contributed by atoms with Crippen molar-refractivity contribution in [3.8, 4) is 0 Å². The molecule has 1 fully saturated rings. The molecule has 5 heteroatoms. The average molecular weight is 374 g/mol. The fourth-order valence-electron chi connectivity index (χ4n) is 3.83. The molecule has 1 aromatic rings. The zero-order valence-corrected chi connectivity index (χ0v) is 16.0. The molecule has 1 aliphatic heterocycles. The van der Waals surface area contributed by atoms with Crippen molar-refractivity contribution < 1.29 is 14.3 Å². The quantitative estimate of drug-likeness (QED) is 0.546. The van der Waals surface area contributed by atoms with E-state index in [0.29, 0.717) is 29.3 Å². The van der Waals surface area contributed by atoms with E-state index < -0.39 is 0 Å². The number of carbonyl (C=O) groups excluding carboxylic acids is 2. The Morgan fingerprint density at radius 1 is 1.31 bits per heavy atom. The molecule has 2 aliphatic rings. The minimum absolute atomic E-state index is 0.145. The van der Waals surface area contributed by atoms with Crippen molar-refractivity contribution in [2.75, 3.05) is 6.61 Å². The third-order valence-corrected chi connectivity index (χ3v) is 5.30. The van der Waals surface area contributed by atoms with Crippen LogP contribution in [0.2, 0.25) is 5.02 Å². The Balaban J connectivity index is 2.05. The number of halogens is 1. The van der Waals surface area contributed by atoms with E-state index in [4.69, 9.17) is 16.3 Å². The lowest BCUT2D eigenvalue weighted by atomic mass is 9.69. The van der Waals surface area contributed by atoms with Crippen molar-refractivity contribution in [3.05, 3.63) is 46.1 Å². The molecule has 1 saturated carbocycles. The fourth-order valence-corrected chi connectivity index (χ4v) is 4.03. The number of esters is 1. The number of hydrogen-bond donors (Lipinski definition) is 0. The molecular weight excluding hydrogens is 350 g/mol. The smallest absolute Gasteiger partial charge is 0.336 e. The summed E-state index contributed by atoms with van der Waals surface area (Å²) in [6, 6.07) is 7.41. The number of benzene rings is 1. The number of unbranched alkanes of at least 4 members (excludes halogenated alkanes) is 1. The molecule has 2 atom stereocenters. The first kappa shape index (κ1) is 18.8. The first-order valence-corrected chi connectivity index (χ1v) is 9.64. The van der Waals surface area contributed by atoms with Crippen molar-refractivity contribution >= 4 is 29.1 Å². The molecule has 0 aromatic heterocycles. The molecule has 0 spiro atoms. The molecule has 1 aliphatic carbocycles. The van der Waals surface area contributed by atoms with Crippen molar-refractivity contribution in [2.24, 2.45) is 10.9 Å². The molecule has 1 aromatic carbocycles. The van der Waals surface area contributed by atoms with Gasteiger partial charge in [-0.05, 0) is 43.9 Å². The van der Waals surface area contributed by atoms with Crippen LogP contribution in [0.3, 0.4) is 0 Å². The van der Waals surface area contributed by atoms with E-state index in [-0.39, 0.29) is 23.6 Å². The summed E-state index contributed by atoms with van der Waals surface area (Å²) in [5, 5.41) is 0.589. The van der Waals surface area contributed by atoms with Crippen molar-refractivity contribution in [3.63, 3.8) is 0 Å². The Hall–Kier alpha value is -1.94. The van der Waals surface area contributed by atoms with Gasteiger partial charge >= 0.3 is 5.97 Å². The van der Waals surface area contributed by atoms with Crippen molar-refractivity contribution in [1.82, 2.24) is 0 Å². The van der Waals surface area contributed by atoms with Crippen LogP contribution in [0.25, 0.3) is 0 Å². The monoisotopic (exact) mass is 373 g/mol. The van der Waals surface area contributed by atoms with Gasteiger partial charge in [0, 0.05) is 28.8 Å². The Morgan fingerprint density at radius 3 is 2.85 bits per heavy atom. The van der Waals surface area contributed by atoms with Crippen LogP contribution in [0, 0.1) is 5.92 Å². The van der Waals surface area contributed by atoms with Crippen LogP contribution in [-0.2, 0) is 14.3 Å². The van der Waals surface area contributed by atoms with E-state index >= 15 is 0 Å². The largest absolute Gasteiger partial charge is 0.462 e. The number of aliphatic imine (C=N–C) groups is 1. The summed E-state index contributed by atoms with van der Waals surface area (Å²) in [7, 11) is 0. The standard InChI is InChI=1S/C21H24ClNO3/c1-3-4-11-26-21(25)18-13(2)23-16-9-6-10-17(24)20(16)19(18)14-7-5-8-15(22)12-14/h5,7-8,12,19-20H,3-4,6,9-11H2,1-2H3. The maximum atomic E-state index is 12.8. The molecule has 2 unspecified atom stereocenters. The van der Waals surface area contributed by atoms with Crippen LogP contribution < -0.4 is 0 Å². The Morgan fingerprint density at radius 2 is 2.12 bits per heavy atom. The van der Waals surface area contributed by atoms with Crippen molar-refractivity contribution in [1.29, 1.82) is 0 Å². The average Bonchev–Trinajstić information content (AvgIpc) is 2.61. The van der Waals surface area contributed by atoms with Crippen LogP contribution >= 0.6 is 11.6 Å². The van der Waals surface area contributed by atoms with E-state index in [1.807, 2.05) is 32.0 Å². The van der Waals surface area contributed by atoms with Crippen LogP contribution in [0.4, 0.5) is 0 Å². The number of nitrogens with zero attached hydrogens (tertiary/aromatic N) is 1. The van der Waals surface area contributed by atoms with E-state index in [1.165, 1.54) is 0 Å². The third kappa shape index (κ3) is 3.75. The van der Waals surface area contributed by atoms with Gasteiger partial charge in [0.05, 0.1) is 18.1 Å². The molecule has 0 radical (unpaired) electrons. The minimum atomic E-state index is -0.389. The highest BCUT2D eigenvalue weighted by Gasteiger charge is 2.43. The summed E-state index contributed by atoms with van der Waals surface area (Å²) in [6.07, 6.45) is 3.91. The highest BCUT2D eigenvalue weighted by molar-refractivity contribution is 6.30. The molecule has 26 heavy (non-hydrogen) atoms. The number of fused-ring (bicyclic) bond motifs is 1. The van der Waals surface area contributed by atoms with Crippen molar-refractivity contribution in [2.45, 2.75) is 51.9 Å². The second kappa shape index (κ2) is 8.17. The number of hydrogen-bond acceptors (Lipinski definition) is 4. The second-order valence-corrected chi connectivity index (χ2v) is 7.36. The number of rotatable bonds is 5.